The largest absolute Gasteiger partial charge is 0.462 e. The van der Waals surface area contributed by atoms with Crippen LogP contribution < -0.4 is 0 Å². The fourth-order valence-electron chi connectivity index (χ4n) is 11.5. The van der Waals surface area contributed by atoms with Gasteiger partial charge in [-0.25, -0.2) is 0 Å². The quantitative estimate of drug-likeness (QED) is 0.0261. The summed E-state index contributed by atoms with van der Waals surface area (Å²) in [4.78, 5) is 38.5. The van der Waals surface area contributed by atoms with Gasteiger partial charge >= 0.3 is 17.9 Å². The first kappa shape index (κ1) is 78.1. The Labute approximate surface area is 501 Å². The summed E-state index contributed by atoms with van der Waals surface area (Å²) < 4.78 is 17.0. The average molecular weight is 1130 g/mol. The van der Waals surface area contributed by atoms with Gasteiger partial charge in [0.15, 0.2) is 6.10 Å². The van der Waals surface area contributed by atoms with Crippen molar-refractivity contribution < 1.29 is 28.6 Å². The normalized spacial score (nSPS) is 12.0. The summed E-state index contributed by atoms with van der Waals surface area (Å²) in [6.07, 6.45) is 83.9. The predicted molar refractivity (Wildman–Crippen MR) is 349 cm³/mol. The van der Waals surface area contributed by atoms with Crippen LogP contribution in [0.3, 0.4) is 0 Å². The van der Waals surface area contributed by atoms with Gasteiger partial charge in [0.1, 0.15) is 13.2 Å². The maximum Gasteiger partial charge on any atom is 0.306 e. The third kappa shape index (κ3) is 66.9. The zero-order valence-electron chi connectivity index (χ0n) is 54.6. The standard InChI is InChI=1S/C74H142O6/c1-4-7-10-13-16-19-22-25-28-31-33-35-36-37-38-40-41-43-46-49-52-55-58-61-64-67-73(76)79-70-71(69-78-72(75)66-63-60-57-54-51-48-45-30-27-24-21-18-15-12-9-6-3)80-74(77)68-65-62-59-56-53-50-47-44-42-39-34-32-29-26-23-20-17-14-11-8-5-2/h31,33,71H,4-30,32,34-70H2,1-3H3/b33-31-. The molecule has 80 heavy (non-hydrogen) atoms. The van der Waals surface area contributed by atoms with Crippen molar-refractivity contribution >= 4 is 17.9 Å². The van der Waals surface area contributed by atoms with Crippen LogP contribution in [0.5, 0.6) is 0 Å². The molecule has 0 radical (unpaired) electrons. The van der Waals surface area contributed by atoms with E-state index in [1.165, 1.54) is 327 Å². The van der Waals surface area contributed by atoms with Crippen molar-refractivity contribution in [2.45, 2.75) is 431 Å². The summed E-state index contributed by atoms with van der Waals surface area (Å²) >= 11 is 0. The second kappa shape index (κ2) is 69.6. The van der Waals surface area contributed by atoms with E-state index in [1.54, 1.807) is 0 Å². The fourth-order valence-corrected chi connectivity index (χ4v) is 11.5. The molecule has 6 nitrogen and oxygen atoms in total. The molecule has 0 aromatic heterocycles. The average Bonchev–Trinajstić information content (AvgIpc) is 3.46. The number of unbranched alkanes of at least 4 members (excludes halogenated alkanes) is 56. The molecule has 1 atom stereocenters. The lowest BCUT2D eigenvalue weighted by atomic mass is 10.0. The summed E-state index contributed by atoms with van der Waals surface area (Å²) in [6, 6.07) is 0. The van der Waals surface area contributed by atoms with E-state index in [9.17, 15) is 14.4 Å². The molecule has 0 rings (SSSR count). The Balaban J connectivity index is 4.24. The van der Waals surface area contributed by atoms with Crippen LogP contribution in [0.4, 0.5) is 0 Å². The summed E-state index contributed by atoms with van der Waals surface area (Å²) in [5, 5.41) is 0. The van der Waals surface area contributed by atoms with E-state index in [-0.39, 0.29) is 31.1 Å². The Kier molecular flexibility index (Phi) is 68.0. The van der Waals surface area contributed by atoms with Crippen LogP contribution in [0.25, 0.3) is 0 Å². The number of ether oxygens (including phenoxy) is 3. The molecule has 0 spiro atoms. The van der Waals surface area contributed by atoms with Gasteiger partial charge in [-0.15, -0.1) is 0 Å². The summed E-state index contributed by atoms with van der Waals surface area (Å²) in [5.74, 6) is -0.822. The van der Waals surface area contributed by atoms with Gasteiger partial charge in [0.25, 0.3) is 0 Å². The van der Waals surface area contributed by atoms with Gasteiger partial charge in [-0.05, 0) is 44.9 Å². The van der Waals surface area contributed by atoms with Crippen molar-refractivity contribution in [2.24, 2.45) is 0 Å². The number of hydrogen-bond donors (Lipinski definition) is 0. The van der Waals surface area contributed by atoms with E-state index in [2.05, 4.69) is 32.9 Å². The van der Waals surface area contributed by atoms with E-state index in [1.807, 2.05) is 0 Å². The van der Waals surface area contributed by atoms with Crippen LogP contribution >= 0.6 is 0 Å². The zero-order valence-corrected chi connectivity index (χ0v) is 54.6. The smallest absolute Gasteiger partial charge is 0.306 e. The molecular weight excluding hydrogens is 985 g/mol. The lowest BCUT2D eigenvalue weighted by molar-refractivity contribution is -0.167. The molecule has 1 unspecified atom stereocenters. The second-order valence-electron chi connectivity index (χ2n) is 25.2. The number of rotatable bonds is 69. The SMILES string of the molecule is CCCCCCCCCC/C=C\CCCCCCCCCCCCCCCC(=O)OCC(COC(=O)CCCCCCCCCCCCCCCCCC)OC(=O)CCCCCCCCCCCCCCCCCCCCCCC. The minimum absolute atomic E-state index is 0.0622. The highest BCUT2D eigenvalue weighted by atomic mass is 16.6. The van der Waals surface area contributed by atoms with Crippen molar-refractivity contribution in [1.29, 1.82) is 0 Å². The van der Waals surface area contributed by atoms with E-state index in [4.69, 9.17) is 14.2 Å². The Morgan fingerprint density at radius 3 is 0.625 bits per heavy atom. The van der Waals surface area contributed by atoms with Gasteiger partial charge in [0, 0.05) is 19.3 Å². The third-order valence-corrected chi connectivity index (χ3v) is 17.0. The molecule has 6 heteroatoms. The molecular formula is C74H142O6. The molecule has 0 amide bonds. The number of allylic oxidation sites excluding steroid dienone is 2. The predicted octanol–water partition coefficient (Wildman–Crippen LogP) is 25.2. The van der Waals surface area contributed by atoms with Crippen LogP contribution in [0.15, 0.2) is 12.2 Å². The first-order chi connectivity index (χ1) is 39.5. The Hall–Kier alpha value is -1.85. The summed E-state index contributed by atoms with van der Waals surface area (Å²) in [7, 11) is 0. The van der Waals surface area contributed by atoms with E-state index in [0.717, 1.165) is 57.8 Å². The highest BCUT2D eigenvalue weighted by Crippen LogP contribution is 2.19. The van der Waals surface area contributed by atoms with Crippen molar-refractivity contribution in [3.8, 4) is 0 Å². The molecule has 0 aromatic carbocycles. The summed E-state index contributed by atoms with van der Waals surface area (Å²) in [6.45, 7) is 6.74. The van der Waals surface area contributed by atoms with Gasteiger partial charge in [0.05, 0.1) is 0 Å². The van der Waals surface area contributed by atoms with Crippen molar-refractivity contribution in [3.63, 3.8) is 0 Å². The molecule has 474 valence electrons. The van der Waals surface area contributed by atoms with E-state index < -0.39 is 6.10 Å². The minimum Gasteiger partial charge on any atom is -0.462 e. The van der Waals surface area contributed by atoms with Gasteiger partial charge in [-0.3, -0.25) is 14.4 Å². The monoisotopic (exact) mass is 1130 g/mol. The van der Waals surface area contributed by atoms with Crippen LogP contribution in [-0.4, -0.2) is 37.2 Å². The second-order valence-corrected chi connectivity index (χ2v) is 25.2. The Morgan fingerprint density at radius 2 is 0.412 bits per heavy atom. The molecule has 0 aromatic rings. The first-order valence-electron chi connectivity index (χ1n) is 36.7. The molecule has 0 fully saturated rings. The summed E-state index contributed by atoms with van der Waals surface area (Å²) in [5.41, 5.74) is 0. The maximum atomic E-state index is 13.0. The highest BCUT2D eigenvalue weighted by Gasteiger charge is 2.20. The molecule has 0 N–H and O–H groups in total. The number of hydrogen-bond acceptors (Lipinski definition) is 6. The van der Waals surface area contributed by atoms with E-state index >= 15 is 0 Å². The number of carbonyl (C=O) groups excluding carboxylic acids is 3. The first-order valence-corrected chi connectivity index (χ1v) is 36.7. The Bertz CT molecular complexity index is 1250. The van der Waals surface area contributed by atoms with Crippen molar-refractivity contribution in [1.82, 2.24) is 0 Å². The fraction of sp³-hybridized carbons (Fsp3) is 0.932. The molecule has 0 aliphatic rings. The number of esters is 3. The maximum absolute atomic E-state index is 13.0. The topological polar surface area (TPSA) is 78.9 Å². The van der Waals surface area contributed by atoms with E-state index in [0.29, 0.717) is 19.3 Å². The molecule has 0 saturated carbocycles. The van der Waals surface area contributed by atoms with Crippen LogP contribution in [-0.2, 0) is 28.6 Å². The Morgan fingerprint density at radius 1 is 0.237 bits per heavy atom. The van der Waals surface area contributed by atoms with Gasteiger partial charge in [-0.1, -0.05) is 373 Å². The highest BCUT2D eigenvalue weighted by molar-refractivity contribution is 5.71. The van der Waals surface area contributed by atoms with Crippen LogP contribution in [0.2, 0.25) is 0 Å². The lowest BCUT2D eigenvalue weighted by Gasteiger charge is -2.18. The molecule has 0 saturated heterocycles. The van der Waals surface area contributed by atoms with Gasteiger partial charge < -0.3 is 14.2 Å². The molecule has 0 aliphatic heterocycles. The zero-order chi connectivity index (χ0) is 57.8. The van der Waals surface area contributed by atoms with Crippen molar-refractivity contribution in [3.05, 3.63) is 12.2 Å². The van der Waals surface area contributed by atoms with Crippen LogP contribution in [0, 0.1) is 0 Å². The molecule has 0 heterocycles. The molecule has 0 bridgehead atoms. The lowest BCUT2D eigenvalue weighted by Crippen LogP contribution is -2.30. The van der Waals surface area contributed by atoms with Crippen LogP contribution in [0.1, 0.15) is 425 Å². The van der Waals surface area contributed by atoms with Gasteiger partial charge in [0.2, 0.25) is 0 Å². The third-order valence-electron chi connectivity index (χ3n) is 17.0. The minimum atomic E-state index is -0.766. The molecule has 0 aliphatic carbocycles. The van der Waals surface area contributed by atoms with Crippen molar-refractivity contribution in [2.75, 3.05) is 13.2 Å². The number of carbonyl (C=O) groups is 3. The van der Waals surface area contributed by atoms with Gasteiger partial charge in [-0.2, -0.15) is 0 Å².